The van der Waals surface area contributed by atoms with E-state index in [1.54, 1.807) is 0 Å². The number of allylic oxidation sites excluding steroid dienone is 2. The van der Waals surface area contributed by atoms with Crippen molar-refractivity contribution in [3.8, 4) is 0 Å². The van der Waals surface area contributed by atoms with Crippen molar-refractivity contribution >= 4 is 0 Å². The number of hydrogen-bond donors (Lipinski definition) is 1. The third kappa shape index (κ3) is 2.36. The lowest BCUT2D eigenvalue weighted by Crippen LogP contribution is -2.33. The monoisotopic (exact) mass is 137 g/mol. The summed E-state index contributed by atoms with van der Waals surface area (Å²) in [7, 11) is 0. The van der Waals surface area contributed by atoms with Gasteiger partial charge in [-0.15, -0.1) is 0 Å². The molecule has 0 amide bonds. The lowest BCUT2D eigenvalue weighted by atomic mass is 10.1. The van der Waals surface area contributed by atoms with Crippen LogP contribution in [0.2, 0.25) is 0 Å². The van der Waals surface area contributed by atoms with Gasteiger partial charge in [0, 0.05) is 12.1 Å². The van der Waals surface area contributed by atoms with Crippen LogP contribution in [-0.2, 0) is 0 Å². The molecule has 0 bridgehead atoms. The quantitative estimate of drug-likeness (QED) is 0.612. The molecule has 0 fully saturated rings. The molecule has 1 nitrogen and oxygen atoms in total. The van der Waals surface area contributed by atoms with E-state index in [0.717, 1.165) is 6.42 Å². The molecular formula is C9H15N. The van der Waals surface area contributed by atoms with Crippen molar-refractivity contribution in [2.45, 2.75) is 32.4 Å². The van der Waals surface area contributed by atoms with Gasteiger partial charge in [0.05, 0.1) is 0 Å². The first-order valence-corrected chi connectivity index (χ1v) is 3.88. The minimum absolute atomic E-state index is 0.560. The Morgan fingerprint density at radius 3 is 2.70 bits per heavy atom. The Morgan fingerprint density at radius 2 is 2.20 bits per heavy atom. The van der Waals surface area contributed by atoms with Crippen molar-refractivity contribution in [1.82, 2.24) is 5.32 Å². The highest BCUT2D eigenvalue weighted by Crippen LogP contribution is 2.02. The fraction of sp³-hybridized carbons (Fsp3) is 0.556. The first-order valence-electron chi connectivity index (χ1n) is 3.88. The van der Waals surface area contributed by atoms with Gasteiger partial charge >= 0.3 is 0 Å². The molecule has 1 aliphatic rings. The second kappa shape index (κ2) is 3.57. The SMILES string of the molecule is CC(C)NC1C=CC=CC1. The topological polar surface area (TPSA) is 12.0 Å². The third-order valence-electron chi connectivity index (χ3n) is 1.53. The zero-order valence-electron chi connectivity index (χ0n) is 6.67. The largest absolute Gasteiger partial charge is 0.308 e. The van der Waals surface area contributed by atoms with Crippen LogP contribution in [0.5, 0.6) is 0 Å². The van der Waals surface area contributed by atoms with Gasteiger partial charge in [0.2, 0.25) is 0 Å². The highest BCUT2D eigenvalue weighted by molar-refractivity contribution is 5.13. The molecule has 1 unspecified atom stereocenters. The van der Waals surface area contributed by atoms with Crippen LogP contribution in [0.4, 0.5) is 0 Å². The highest BCUT2D eigenvalue weighted by Gasteiger charge is 2.04. The zero-order valence-corrected chi connectivity index (χ0v) is 6.67. The summed E-state index contributed by atoms with van der Waals surface area (Å²) in [4.78, 5) is 0. The summed E-state index contributed by atoms with van der Waals surface area (Å²) in [5.74, 6) is 0. The molecule has 0 aliphatic heterocycles. The average Bonchev–Trinajstić information content (AvgIpc) is 1.88. The van der Waals surface area contributed by atoms with E-state index in [2.05, 4.69) is 43.5 Å². The summed E-state index contributed by atoms with van der Waals surface area (Å²) in [5.41, 5.74) is 0. The van der Waals surface area contributed by atoms with Crippen LogP contribution in [0.3, 0.4) is 0 Å². The van der Waals surface area contributed by atoms with E-state index in [0.29, 0.717) is 12.1 Å². The summed E-state index contributed by atoms with van der Waals surface area (Å²) in [6, 6.07) is 1.14. The van der Waals surface area contributed by atoms with Crippen LogP contribution >= 0.6 is 0 Å². The maximum atomic E-state index is 3.44. The van der Waals surface area contributed by atoms with Crippen molar-refractivity contribution in [3.05, 3.63) is 24.3 Å². The molecule has 1 heteroatoms. The van der Waals surface area contributed by atoms with Crippen molar-refractivity contribution in [2.24, 2.45) is 0 Å². The second-order valence-electron chi connectivity index (χ2n) is 2.98. The van der Waals surface area contributed by atoms with Gasteiger partial charge in [0.1, 0.15) is 0 Å². The summed E-state index contributed by atoms with van der Waals surface area (Å²) in [5, 5.41) is 3.44. The second-order valence-corrected chi connectivity index (χ2v) is 2.98. The molecule has 0 saturated carbocycles. The van der Waals surface area contributed by atoms with Crippen LogP contribution < -0.4 is 5.32 Å². The van der Waals surface area contributed by atoms with E-state index in [1.165, 1.54) is 0 Å². The molecule has 0 aromatic carbocycles. The number of nitrogens with one attached hydrogen (secondary N) is 1. The minimum atomic E-state index is 0.560. The normalized spacial score (nSPS) is 24.1. The van der Waals surface area contributed by atoms with E-state index in [-0.39, 0.29) is 0 Å². The molecule has 0 heterocycles. The molecule has 0 radical (unpaired) electrons. The van der Waals surface area contributed by atoms with E-state index in [1.807, 2.05) is 0 Å². The van der Waals surface area contributed by atoms with E-state index in [9.17, 15) is 0 Å². The summed E-state index contributed by atoms with van der Waals surface area (Å²) >= 11 is 0. The zero-order chi connectivity index (χ0) is 7.40. The molecule has 0 saturated heterocycles. The predicted octanol–water partition coefficient (Wildman–Crippen LogP) is 1.87. The highest BCUT2D eigenvalue weighted by atomic mass is 14.9. The van der Waals surface area contributed by atoms with Gasteiger partial charge < -0.3 is 5.32 Å². The van der Waals surface area contributed by atoms with E-state index < -0.39 is 0 Å². The molecule has 0 spiro atoms. The van der Waals surface area contributed by atoms with Gasteiger partial charge in [-0.05, 0) is 6.42 Å². The Hall–Kier alpha value is -0.560. The van der Waals surface area contributed by atoms with Crippen LogP contribution in [0.25, 0.3) is 0 Å². The molecule has 1 N–H and O–H groups in total. The van der Waals surface area contributed by atoms with Crippen molar-refractivity contribution < 1.29 is 0 Å². The van der Waals surface area contributed by atoms with E-state index in [4.69, 9.17) is 0 Å². The van der Waals surface area contributed by atoms with Gasteiger partial charge in [-0.3, -0.25) is 0 Å². The van der Waals surface area contributed by atoms with E-state index >= 15 is 0 Å². The minimum Gasteiger partial charge on any atom is -0.308 e. The smallest absolute Gasteiger partial charge is 0.0290 e. The fourth-order valence-corrected chi connectivity index (χ4v) is 1.13. The molecule has 1 rings (SSSR count). The van der Waals surface area contributed by atoms with Crippen molar-refractivity contribution in [1.29, 1.82) is 0 Å². The third-order valence-corrected chi connectivity index (χ3v) is 1.53. The Balaban J connectivity index is 2.30. The molecule has 0 aromatic heterocycles. The molecule has 1 atom stereocenters. The Kier molecular flexibility index (Phi) is 2.69. The maximum absolute atomic E-state index is 3.44. The van der Waals surface area contributed by atoms with Crippen LogP contribution in [0, 0.1) is 0 Å². The maximum Gasteiger partial charge on any atom is 0.0290 e. The van der Waals surface area contributed by atoms with Gasteiger partial charge in [-0.2, -0.15) is 0 Å². The summed E-state index contributed by atoms with van der Waals surface area (Å²) < 4.78 is 0. The number of hydrogen-bond acceptors (Lipinski definition) is 1. The Bertz CT molecular complexity index is 145. The molecule has 1 aliphatic carbocycles. The summed E-state index contributed by atoms with van der Waals surface area (Å²) in [6.45, 7) is 4.35. The van der Waals surface area contributed by atoms with Gasteiger partial charge in [-0.25, -0.2) is 0 Å². The van der Waals surface area contributed by atoms with Gasteiger partial charge in [0.15, 0.2) is 0 Å². The molecule has 10 heavy (non-hydrogen) atoms. The first-order chi connectivity index (χ1) is 4.79. The van der Waals surface area contributed by atoms with Gasteiger partial charge in [0.25, 0.3) is 0 Å². The Labute approximate surface area is 62.8 Å². The van der Waals surface area contributed by atoms with Gasteiger partial charge in [-0.1, -0.05) is 38.2 Å². The Morgan fingerprint density at radius 1 is 1.40 bits per heavy atom. The van der Waals surface area contributed by atoms with Crippen LogP contribution in [0.1, 0.15) is 20.3 Å². The standard InChI is InChI=1S/C9H15N/c1-8(2)10-9-6-4-3-5-7-9/h3-6,8-10H,7H2,1-2H3. The van der Waals surface area contributed by atoms with Crippen LogP contribution in [-0.4, -0.2) is 12.1 Å². The molecule has 0 aromatic rings. The van der Waals surface area contributed by atoms with Crippen molar-refractivity contribution in [3.63, 3.8) is 0 Å². The summed E-state index contributed by atoms with van der Waals surface area (Å²) in [6.07, 6.45) is 9.73. The molecular weight excluding hydrogens is 122 g/mol. The molecule has 56 valence electrons. The predicted molar refractivity (Wildman–Crippen MR) is 45.0 cm³/mol. The average molecular weight is 137 g/mol. The van der Waals surface area contributed by atoms with Crippen molar-refractivity contribution in [2.75, 3.05) is 0 Å². The van der Waals surface area contributed by atoms with Crippen LogP contribution in [0.15, 0.2) is 24.3 Å². The lowest BCUT2D eigenvalue weighted by Gasteiger charge is -2.17. The number of rotatable bonds is 2. The first kappa shape index (κ1) is 7.55. The lowest BCUT2D eigenvalue weighted by molar-refractivity contribution is 0.524. The fourth-order valence-electron chi connectivity index (χ4n) is 1.13.